The Bertz CT molecular complexity index is 983. The van der Waals surface area contributed by atoms with E-state index < -0.39 is 6.36 Å². The third-order valence-corrected chi connectivity index (χ3v) is 5.06. The molecule has 2 N–H and O–H groups in total. The number of alkyl halides is 3. The van der Waals surface area contributed by atoms with Crippen molar-refractivity contribution in [3.8, 4) is 11.4 Å². The van der Waals surface area contributed by atoms with Crippen LogP contribution in [0.5, 0.6) is 5.75 Å². The molecule has 3 aromatic rings. The molecule has 0 saturated carbocycles. The van der Waals surface area contributed by atoms with E-state index in [-0.39, 0.29) is 11.8 Å². The summed E-state index contributed by atoms with van der Waals surface area (Å²) in [6.07, 6.45) is -2.56. The minimum Gasteiger partial charge on any atom is -0.406 e. The summed E-state index contributed by atoms with van der Waals surface area (Å²) in [5.74, 6) is 0.898. The van der Waals surface area contributed by atoms with Crippen LogP contribution in [0.15, 0.2) is 36.4 Å². The molecule has 1 aromatic carbocycles. The number of benzene rings is 1. The highest BCUT2D eigenvalue weighted by atomic mass is 19.4. The number of halogens is 3. The summed E-state index contributed by atoms with van der Waals surface area (Å²) in [4.78, 5) is 4.60. The Morgan fingerprint density at radius 1 is 1.21 bits per heavy atom. The molecule has 7 nitrogen and oxygen atoms in total. The maximum Gasteiger partial charge on any atom is 0.573 e. The molecule has 10 heteroatoms. The number of hydrogen-bond donors (Lipinski definition) is 2. The lowest BCUT2D eigenvalue weighted by Crippen LogP contribution is -2.36. The molecular formula is C19H21F3N6O. The molecule has 1 atom stereocenters. The van der Waals surface area contributed by atoms with Crippen LogP contribution in [0.4, 0.5) is 19.0 Å². The van der Waals surface area contributed by atoms with Crippen molar-refractivity contribution in [3.63, 3.8) is 0 Å². The van der Waals surface area contributed by atoms with Crippen LogP contribution in [0.3, 0.4) is 0 Å². The fraction of sp³-hybridized carbons (Fsp3) is 0.421. The Hall–Kier alpha value is -2.88. The molecule has 0 bridgehead atoms. The summed E-state index contributed by atoms with van der Waals surface area (Å²) in [6.45, 7) is 4.15. The van der Waals surface area contributed by atoms with Gasteiger partial charge in [0.15, 0.2) is 5.65 Å². The van der Waals surface area contributed by atoms with Gasteiger partial charge in [-0.3, -0.25) is 0 Å². The van der Waals surface area contributed by atoms with Crippen molar-refractivity contribution < 1.29 is 17.9 Å². The number of ether oxygens (including phenoxy) is 1. The van der Waals surface area contributed by atoms with Gasteiger partial charge in [-0.25, -0.2) is 4.98 Å². The second-order valence-electron chi connectivity index (χ2n) is 7.11. The predicted molar refractivity (Wildman–Crippen MR) is 102 cm³/mol. The molecule has 154 valence electrons. The molecule has 0 aliphatic carbocycles. The molecule has 1 unspecified atom stereocenters. The molecule has 1 saturated heterocycles. The van der Waals surface area contributed by atoms with Crippen LogP contribution in [0.2, 0.25) is 0 Å². The van der Waals surface area contributed by atoms with Crippen molar-refractivity contribution in [1.82, 2.24) is 25.3 Å². The topological polar surface area (TPSA) is 76.9 Å². The van der Waals surface area contributed by atoms with Crippen LogP contribution >= 0.6 is 0 Å². The van der Waals surface area contributed by atoms with Gasteiger partial charge in [0.1, 0.15) is 17.1 Å². The van der Waals surface area contributed by atoms with Gasteiger partial charge in [0.05, 0.1) is 5.69 Å². The second kappa shape index (κ2) is 7.86. The van der Waals surface area contributed by atoms with Gasteiger partial charge >= 0.3 is 6.36 Å². The molecule has 4 rings (SSSR count). The highest BCUT2D eigenvalue weighted by Gasteiger charge is 2.31. The van der Waals surface area contributed by atoms with Crippen molar-refractivity contribution in [2.75, 3.05) is 18.4 Å². The third-order valence-electron chi connectivity index (χ3n) is 5.06. The van der Waals surface area contributed by atoms with Gasteiger partial charge in [-0.05, 0) is 63.0 Å². The Morgan fingerprint density at radius 2 is 2.00 bits per heavy atom. The van der Waals surface area contributed by atoms with Crippen molar-refractivity contribution in [2.24, 2.45) is 5.92 Å². The standard InChI is InChI=1S/C19H21F3N6O/c1-12(13-7-9-23-10-8-13)24-17-6-5-16-18(25-17)28(27-26-16)14-3-2-4-15(11-14)29-19(20,21)22/h2-6,11-13,23H,7-10H2,1H3,(H,24,25). The van der Waals surface area contributed by atoms with E-state index in [9.17, 15) is 13.2 Å². The number of hydrogen-bond acceptors (Lipinski definition) is 6. The SMILES string of the molecule is CC(Nc1ccc2nnn(-c3cccc(OC(F)(F)F)c3)c2n1)C1CCNCC1. The number of rotatable bonds is 5. The highest BCUT2D eigenvalue weighted by molar-refractivity contribution is 5.74. The lowest BCUT2D eigenvalue weighted by Gasteiger charge is -2.29. The van der Waals surface area contributed by atoms with E-state index >= 15 is 0 Å². The summed E-state index contributed by atoms with van der Waals surface area (Å²) < 4.78 is 42.9. The molecule has 3 heterocycles. The molecule has 1 fully saturated rings. The summed E-state index contributed by atoms with van der Waals surface area (Å²) in [7, 11) is 0. The fourth-order valence-electron chi connectivity index (χ4n) is 3.57. The van der Waals surface area contributed by atoms with Crippen LogP contribution in [0, 0.1) is 5.92 Å². The Kier molecular flexibility index (Phi) is 5.27. The average Bonchev–Trinajstić information content (AvgIpc) is 3.11. The fourth-order valence-corrected chi connectivity index (χ4v) is 3.57. The molecule has 1 aliphatic rings. The molecule has 0 radical (unpaired) electrons. The van der Waals surface area contributed by atoms with Crippen LogP contribution < -0.4 is 15.4 Å². The minimum atomic E-state index is -4.76. The quantitative estimate of drug-likeness (QED) is 0.675. The lowest BCUT2D eigenvalue weighted by molar-refractivity contribution is -0.274. The summed E-state index contributed by atoms with van der Waals surface area (Å²) >= 11 is 0. The Labute approximate surface area is 165 Å². The van der Waals surface area contributed by atoms with Gasteiger partial charge < -0.3 is 15.4 Å². The normalized spacial score (nSPS) is 16.7. The van der Waals surface area contributed by atoms with Crippen molar-refractivity contribution in [3.05, 3.63) is 36.4 Å². The van der Waals surface area contributed by atoms with Gasteiger partial charge in [0.2, 0.25) is 0 Å². The molecule has 0 spiro atoms. The van der Waals surface area contributed by atoms with E-state index in [1.165, 1.54) is 22.9 Å². The number of anilines is 1. The van der Waals surface area contributed by atoms with Gasteiger partial charge in [0, 0.05) is 12.1 Å². The first-order valence-corrected chi connectivity index (χ1v) is 9.45. The van der Waals surface area contributed by atoms with E-state index in [1.54, 1.807) is 12.1 Å². The zero-order valence-electron chi connectivity index (χ0n) is 15.8. The zero-order valence-corrected chi connectivity index (χ0v) is 15.8. The first-order chi connectivity index (χ1) is 13.9. The van der Waals surface area contributed by atoms with E-state index in [2.05, 4.69) is 37.6 Å². The number of pyridine rings is 1. The van der Waals surface area contributed by atoms with Gasteiger partial charge in [-0.1, -0.05) is 11.3 Å². The van der Waals surface area contributed by atoms with Crippen LogP contribution in [0.1, 0.15) is 19.8 Å². The average molecular weight is 406 g/mol. The number of aromatic nitrogens is 4. The molecule has 1 aliphatic heterocycles. The van der Waals surface area contributed by atoms with Crippen molar-refractivity contribution in [2.45, 2.75) is 32.2 Å². The molecular weight excluding hydrogens is 385 g/mol. The molecule has 2 aromatic heterocycles. The van der Waals surface area contributed by atoms with E-state index in [4.69, 9.17) is 0 Å². The van der Waals surface area contributed by atoms with Crippen molar-refractivity contribution in [1.29, 1.82) is 0 Å². The largest absolute Gasteiger partial charge is 0.573 e. The Balaban J connectivity index is 1.60. The van der Waals surface area contributed by atoms with Gasteiger partial charge in [-0.15, -0.1) is 18.3 Å². The monoisotopic (exact) mass is 406 g/mol. The highest BCUT2D eigenvalue weighted by Crippen LogP contribution is 2.26. The summed E-state index contributed by atoms with van der Waals surface area (Å²) in [5, 5.41) is 14.9. The number of nitrogens with zero attached hydrogens (tertiary/aromatic N) is 4. The van der Waals surface area contributed by atoms with Crippen LogP contribution in [-0.2, 0) is 0 Å². The van der Waals surface area contributed by atoms with E-state index in [0.29, 0.717) is 28.6 Å². The Morgan fingerprint density at radius 3 is 2.76 bits per heavy atom. The summed E-state index contributed by atoms with van der Waals surface area (Å²) in [5.41, 5.74) is 1.38. The molecule has 0 amide bonds. The van der Waals surface area contributed by atoms with Crippen LogP contribution in [0.25, 0.3) is 16.9 Å². The van der Waals surface area contributed by atoms with Crippen molar-refractivity contribution >= 4 is 17.0 Å². The predicted octanol–water partition coefficient (Wildman–Crippen LogP) is 3.51. The summed E-state index contributed by atoms with van der Waals surface area (Å²) in [6, 6.07) is 9.44. The van der Waals surface area contributed by atoms with E-state index in [0.717, 1.165) is 25.9 Å². The van der Waals surface area contributed by atoms with Gasteiger partial charge in [-0.2, -0.15) is 4.68 Å². The van der Waals surface area contributed by atoms with Crippen LogP contribution in [-0.4, -0.2) is 45.5 Å². The van der Waals surface area contributed by atoms with Gasteiger partial charge in [0.25, 0.3) is 0 Å². The smallest absolute Gasteiger partial charge is 0.406 e. The molecule has 29 heavy (non-hydrogen) atoms. The maximum absolute atomic E-state index is 12.5. The number of piperidine rings is 1. The van der Waals surface area contributed by atoms with E-state index in [1.807, 2.05) is 6.07 Å². The number of nitrogens with one attached hydrogen (secondary N) is 2. The maximum atomic E-state index is 12.5. The third kappa shape index (κ3) is 4.58. The second-order valence-corrected chi connectivity index (χ2v) is 7.11. The number of fused-ring (bicyclic) bond motifs is 1. The first-order valence-electron chi connectivity index (χ1n) is 9.45. The lowest BCUT2D eigenvalue weighted by atomic mass is 9.91. The minimum absolute atomic E-state index is 0.245. The first kappa shape index (κ1) is 19.4. The zero-order chi connectivity index (χ0) is 20.4.